The van der Waals surface area contributed by atoms with E-state index in [0.29, 0.717) is 18.4 Å². The Morgan fingerprint density at radius 2 is 1.50 bits per heavy atom. The molecule has 58 heavy (non-hydrogen) atoms. The van der Waals surface area contributed by atoms with Crippen LogP contribution in [0.1, 0.15) is 62.3 Å². The molecule has 2 N–H and O–H groups in total. The first-order valence-electron chi connectivity index (χ1n) is 20.2. The van der Waals surface area contributed by atoms with E-state index in [-0.39, 0.29) is 50.2 Å². The highest BCUT2D eigenvalue weighted by Crippen LogP contribution is 2.37. The second-order valence-corrected chi connectivity index (χ2v) is 16.8. The number of carbonyl (C=O) groups excluding carboxylic acids is 5. The van der Waals surface area contributed by atoms with Crippen molar-refractivity contribution in [3.8, 4) is 0 Å². The van der Waals surface area contributed by atoms with Crippen LogP contribution in [0.2, 0.25) is 0 Å². The minimum absolute atomic E-state index is 0.0218. The number of likely N-dealkylation sites (N-methyl/N-ethyl adjacent to an activating group) is 1. The molecule has 2 heterocycles. The number of fused-ring (bicyclic) bond motifs is 2. The molecule has 4 atom stereocenters. The summed E-state index contributed by atoms with van der Waals surface area (Å²) in [5, 5.41) is 7.83. The lowest BCUT2D eigenvalue weighted by atomic mass is 9.93. The zero-order valence-electron chi connectivity index (χ0n) is 33.6. The van der Waals surface area contributed by atoms with E-state index >= 15 is 0 Å². The molecule has 0 spiro atoms. The summed E-state index contributed by atoms with van der Waals surface area (Å²) in [6.45, 7) is 5.67. The number of nitrogens with zero attached hydrogens (tertiary/aromatic N) is 3. The number of benzene rings is 4. The third-order valence-electron chi connectivity index (χ3n) is 11.4. The van der Waals surface area contributed by atoms with Gasteiger partial charge in [0.2, 0.25) is 23.6 Å². The molecule has 4 unspecified atom stereocenters. The van der Waals surface area contributed by atoms with Crippen molar-refractivity contribution in [1.82, 2.24) is 25.3 Å². The van der Waals surface area contributed by atoms with E-state index in [0.717, 1.165) is 40.3 Å². The SMILES string of the molecule is CNC(=O)C(Cc1ccc2ccccc2c1)N1CCN(C(=O)C(Cc2ccc(F)cc2)NC(=O)C2Cc3ccccc3CN2C(=O)OC(C)(C)C)C(CC2CC2)C1=O. The van der Waals surface area contributed by atoms with E-state index in [2.05, 4.69) is 10.6 Å². The average Bonchev–Trinajstić information content (AvgIpc) is 4.04. The molecular formula is C46H52FN5O6. The van der Waals surface area contributed by atoms with Gasteiger partial charge < -0.3 is 25.2 Å². The number of hydrogen-bond donors (Lipinski definition) is 2. The molecule has 0 radical (unpaired) electrons. The van der Waals surface area contributed by atoms with Crippen molar-refractivity contribution in [3.63, 3.8) is 0 Å². The van der Waals surface area contributed by atoms with E-state index in [1.165, 1.54) is 17.0 Å². The minimum Gasteiger partial charge on any atom is -0.444 e. The van der Waals surface area contributed by atoms with Crippen LogP contribution in [0.15, 0.2) is 91.0 Å². The quantitative estimate of drug-likeness (QED) is 0.205. The molecule has 12 heteroatoms. The third-order valence-corrected chi connectivity index (χ3v) is 11.4. The fraction of sp³-hybridized carbons (Fsp3) is 0.413. The maximum absolute atomic E-state index is 14.9. The minimum atomic E-state index is -1.15. The number of nitrogens with one attached hydrogen (secondary N) is 2. The average molecular weight is 790 g/mol. The Balaban J connectivity index is 1.17. The Bertz CT molecular complexity index is 2180. The molecule has 2 aliphatic heterocycles. The van der Waals surface area contributed by atoms with Gasteiger partial charge in [0.25, 0.3) is 0 Å². The standard InChI is InChI=1S/C46H52FN5O6/c1-46(2,3)58-45(57)52-28-35-12-8-7-11-34(35)27-39(52)42(54)49-37(24-29-16-19-36(47)20-17-29)43(55)51-22-21-50(44(56)40(51)25-30-13-14-30)38(41(53)48-4)26-31-15-18-32-9-5-6-10-33(32)23-31/h5-12,15-20,23,30,37-40H,13-14,21-22,24-28H2,1-4H3,(H,48,53)(H,49,54). The monoisotopic (exact) mass is 789 g/mol. The van der Waals surface area contributed by atoms with Gasteiger partial charge in [0, 0.05) is 39.4 Å². The van der Waals surface area contributed by atoms with Gasteiger partial charge in [0.1, 0.15) is 35.6 Å². The van der Waals surface area contributed by atoms with Gasteiger partial charge in [-0.25, -0.2) is 9.18 Å². The Kier molecular flexibility index (Phi) is 11.8. The summed E-state index contributed by atoms with van der Waals surface area (Å²) < 4.78 is 19.8. The Morgan fingerprint density at radius 1 is 0.828 bits per heavy atom. The summed E-state index contributed by atoms with van der Waals surface area (Å²) in [4.78, 5) is 75.7. The summed E-state index contributed by atoms with van der Waals surface area (Å²) in [5.41, 5.74) is 2.51. The van der Waals surface area contributed by atoms with E-state index in [4.69, 9.17) is 4.74 Å². The predicted octanol–water partition coefficient (Wildman–Crippen LogP) is 5.57. The van der Waals surface area contributed by atoms with Crippen LogP contribution in [0, 0.1) is 11.7 Å². The first kappa shape index (κ1) is 40.4. The number of piperazine rings is 1. The van der Waals surface area contributed by atoms with Gasteiger partial charge in [-0.3, -0.25) is 24.1 Å². The largest absolute Gasteiger partial charge is 0.444 e. The Hall–Kier alpha value is -5.78. The van der Waals surface area contributed by atoms with Gasteiger partial charge in [-0.2, -0.15) is 0 Å². The van der Waals surface area contributed by atoms with E-state index in [1.807, 2.05) is 66.7 Å². The van der Waals surface area contributed by atoms with Gasteiger partial charge in [-0.05, 0) is 78.3 Å². The van der Waals surface area contributed by atoms with Crippen molar-refractivity contribution < 1.29 is 33.1 Å². The highest BCUT2D eigenvalue weighted by Gasteiger charge is 2.46. The lowest BCUT2D eigenvalue weighted by Gasteiger charge is -2.44. The van der Waals surface area contributed by atoms with Crippen molar-refractivity contribution in [1.29, 1.82) is 0 Å². The van der Waals surface area contributed by atoms with Crippen LogP contribution in [0.3, 0.4) is 0 Å². The van der Waals surface area contributed by atoms with E-state index in [9.17, 15) is 28.4 Å². The molecule has 5 amide bonds. The molecule has 4 aromatic rings. The molecule has 1 aliphatic carbocycles. The first-order valence-corrected chi connectivity index (χ1v) is 20.2. The van der Waals surface area contributed by atoms with Crippen LogP contribution < -0.4 is 10.6 Å². The number of carbonyl (C=O) groups is 5. The molecule has 0 bridgehead atoms. The fourth-order valence-electron chi connectivity index (χ4n) is 8.17. The van der Waals surface area contributed by atoms with Crippen LogP contribution >= 0.6 is 0 Å². The van der Waals surface area contributed by atoms with Crippen molar-refractivity contribution in [2.24, 2.45) is 5.92 Å². The van der Waals surface area contributed by atoms with Crippen LogP contribution in [0.4, 0.5) is 9.18 Å². The summed E-state index contributed by atoms with van der Waals surface area (Å²) in [6.07, 6.45) is 2.17. The van der Waals surface area contributed by atoms with Gasteiger partial charge in [-0.1, -0.05) is 91.7 Å². The summed E-state index contributed by atoms with van der Waals surface area (Å²) in [6, 6.07) is 23.5. The molecule has 4 aromatic carbocycles. The number of hydrogen-bond acceptors (Lipinski definition) is 6. The van der Waals surface area contributed by atoms with E-state index in [1.54, 1.807) is 49.8 Å². The van der Waals surface area contributed by atoms with Gasteiger partial charge >= 0.3 is 6.09 Å². The number of ether oxygens (including phenoxy) is 1. The molecule has 304 valence electrons. The lowest BCUT2D eigenvalue weighted by Crippen LogP contribution is -2.66. The second kappa shape index (κ2) is 17.0. The van der Waals surface area contributed by atoms with Gasteiger partial charge in [0.15, 0.2) is 0 Å². The topological polar surface area (TPSA) is 128 Å². The molecule has 11 nitrogen and oxygen atoms in total. The van der Waals surface area contributed by atoms with Gasteiger partial charge in [-0.15, -0.1) is 0 Å². The first-order chi connectivity index (χ1) is 27.8. The normalized spacial score (nSPS) is 19.3. The predicted molar refractivity (Wildman–Crippen MR) is 218 cm³/mol. The maximum Gasteiger partial charge on any atom is 0.411 e. The lowest BCUT2D eigenvalue weighted by molar-refractivity contribution is -0.157. The number of rotatable bonds is 11. The molecule has 2 fully saturated rings. The van der Waals surface area contributed by atoms with Crippen LogP contribution in [-0.2, 0) is 49.7 Å². The Morgan fingerprint density at radius 3 is 2.19 bits per heavy atom. The zero-order valence-corrected chi connectivity index (χ0v) is 33.6. The highest BCUT2D eigenvalue weighted by atomic mass is 19.1. The molecule has 1 saturated carbocycles. The highest BCUT2D eigenvalue weighted by molar-refractivity contribution is 5.96. The summed E-state index contributed by atoms with van der Waals surface area (Å²) in [5.74, 6) is -1.80. The van der Waals surface area contributed by atoms with Crippen LogP contribution in [0.5, 0.6) is 0 Å². The van der Waals surface area contributed by atoms with Crippen LogP contribution in [-0.4, -0.2) is 94.3 Å². The van der Waals surface area contributed by atoms with Crippen molar-refractivity contribution in [2.45, 2.75) is 95.6 Å². The molecule has 1 saturated heterocycles. The van der Waals surface area contributed by atoms with Crippen LogP contribution in [0.25, 0.3) is 10.8 Å². The van der Waals surface area contributed by atoms with Crippen molar-refractivity contribution in [3.05, 3.63) is 119 Å². The van der Waals surface area contributed by atoms with E-state index < -0.39 is 53.5 Å². The smallest absolute Gasteiger partial charge is 0.411 e. The summed E-state index contributed by atoms with van der Waals surface area (Å²) >= 11 is 0. The summed E-state index contributed by atoms with van der Waals surface area (Å²) in [7, 11) is 1.55. The Labute approximate surface area is 338 Å². The van der Waals surface area contributed by atoms with Gasteiger partial charge in [0.05, 0.1) is 6.54 Å². The van der Waals surface area contributed by atoms with Crippen molar-refractivity contribution in [2.75, 3.05) is 20.1 Å². The molecule has 0 aromatic heterocycles. The number of amides is 5. The number of halogens is 1. The zero-order chi connectivity index (χ0) is 41.1. The molecular weight excluding hydrogens is 738 g/mol. The third kappa shape index (κ3) is 9.33. The maximum atomic E-state index is 14.9. The fourth-order valence-corrected chi connectivity index (χ4v) is 8.17. The molecule has 3 aliphatic rings. The second-order valence-electron chi connectivity index (χ2n) is 16.8. The van der Waals surface area contributed by atoms with Crippen molar-refractivity contribution >= 4 is 40.5 Å². The molecule has 7 rings (SSSR count).